The molecular formula is C14H14BrNO3. The highest BCUT2D eigenvalue weighted by Crippen LogP contribution is 2.24. The maximum absolute atomic E-state index is 10.8. The van der Waals surface area contributed by atoms with E-state index < -0.39 is 5.97 Å². The molecule has 0 aliphatic rings. The third-order valence-corrected chi connectivity index (χ3v) is 3.15. The molecule has 0 aliphatic carbocycles. The molecule has 100 valence electrons. The van der Waals surface area contributed by atoms with Gasteiger partial charge in [0.1, 0.15) is 5.76 Å². The summed E-state index contributed by atoms with van der Waals surface area (Å²) >= 11 is 3.44. The van der Waals surface area contributed by atoms with Crippen LogP contribution in [0.4, 0.5) is 5.69 Å². The van der Waals surface area contributed by atoms with Crippen LogP contribution >= 0.6 is 15.9 Å². The van der Waals surface area contributed by atoms with E-state index in [0.717, 1.165) is 15.7 Å². The standard InChI is InChI=1S/C14H14BrNO3/c1-8-5-10(15)7-11(6-8)16-9(2)12-3-4-13(19-12)14(17)18/h3-7,9,16H,1-2H3,(H,17,18). The average Bonchev–Trinajstić information content (AvgIpc) is 2.76. The van der Waals surface area contributed by atoms with E-state index in [9.17, 15) is 4.79 Å². The summed E-state index contributed by atoms with van der Waals surface area (Å²) in [5, 5.41) is 12.1. The molecule has 0 saturated heterocycles. The van der Waals surface area contributed by atoms with Crippen LogP contribution in [-0.4, -0.2) is 11.1 Å². The minimum atomic E-state index is -1.06. The van der Waals surface area contributed by atoms with Crippen LogP contribution in [0.1, 0.15) is 34.8 Å². The van der Waals surface area contributed by atoms with Crippen LogP contribution in [0.3, 0.4) is 0 Å². The summed E-state index contributed by atoms with van der Waals surface area (Å²) in [7, 11) is 0. The van der Waals surface area contributed by atoms with Gasteiger partial charge in [-0.25, -0.2) is 4.79 Å². The van der Waals surface area contributed by atoms with Crippen LogP contribution in [-0.2, 0) is 0 Å². The van der Waals surface area contributed by atoms with E-state index >= 15 is 0 Å². The Labute approximate surface area is 119 Å². The van der Waals surface area contributed by atoms with Crippen molar-refractivity contribution in [1.82, 2.24) is 0 Å². The van der Waals surface area contributed by atoms with Gasteiger partial charge in [0.05, 0.1) is 6.04 Å². The number of carboxylic acid groups (broad SMARTS) is 1. The number of aryl methyl sites for hydroxylation is 1. The Morgan fingerprint density at radius 2 is 2.11 bits per heavy atom. The summed E-state index contributed by atoms with van der Waals surface area (Å²) in [6.07, 6.45) is 0. The van der Waals surface area contributed by atoms with Crippen LogP contribution in [0.2, 0.25) is 0 Å². The monoisotopic (exact) mass is 323 g/mol. The fourth-order valence-electron chi connectivity index (χ4n) is 1.84. The summed E-state index contributed by atoms with van der Waals surface area (Å²) in [5.74, 6) is -0.513. The van der Waals surface area contributed by atoms with Crippen LogP contribution in [0.5, 0.6) is 0 Å². The molecule has 2 N–H and O–H groups in total. The third-order valence-electron chi connectivity index (χ3n) is 2.69. The number of carboxylic acids is 1. The predicted molar refractivity (Wildman–Crippen MR) is 76.6 cm³/mol. The topological polar surface area (TPSA) is 62.5 Å². The van der Waals surface area contributed by atoms with Crippen molar-refractivity contribution in [3.8, 4) is 0 Å². The Bertz CT molecular complexity index is 586. The molecule has 4 nitrogen and oxygen atoms in total. The molecule has 0 amide bonds. The van der Waals surface area contributed by atoms with Crippen molar-refractivity contribution in [3.63, 3.8) is 0 Å². The van der Waals surface area contributed by atoms with Gasteiger partial charge in [-0.1, -0.05) is 15.9 Å². The van der Waals surface area contributed by atoms with Crippen molar-refractivity contribution in [2.24, 2.45) is 0 Å². The van der Waals surface area contributed by atoms with E-state index in [4.69, 9.17) is 9.52 Å². The van der Waals surface area contributed by atoms with Gasteiger partial charge in [0.2, 0.25) is 5.76 Å². The molecule has 2 aromatic rings. The Morgan fingerprint density at radius 1 is 1.37 bits per heavy atom. The number of halogens is 1. The number of furan rings is 1. The van der Waals surface area contributed by atoms with Crippen molar-refractivity contribution >= 4 is 27.6 Å². The van der Waals surface area contributed by atoms with Crippen molar-refractivity contribution in [3.05, 3.63) is 51.9 Å². The molecule has 0 bridgehead atoms. The van der Waals surface area contributed by atoms with Gasteiger partial charge in [0.15, 0.2) is 0 Å². The van der Waals surface area contributed by atoms with Crippen molar-refractivity contribution in [2.45, 2.75) is 19.9 Å². The van der Waals surface area contributed by atoms with Crippen LogP contribution < -0.4 is 5.32 Å². The second-order valence-electron chi connectivity index (χ2n) is 4.39. The van der Waals surface area contributed by atoms with Crippen LogP contribution in [0.15, 0.2) is 39.2 Å². The maximum atomic E-state index is 10.8. The molecule has 1 aromatic carbocycles. The first kappa shape index (κ1) is 13.7. The Morgan fingerprint density at radius 3 is 2.68 bits per heavy atom. The van der Waals surface area contributed by atoms with Crippen molar-refractivity contribution < 1.29 is 14.3 Å². The van der Waals surface area contributed by atoms with Gasteiger partial charge < -0.3 is 14.8 Å². The van der Waals surface area contributed by atoms with Crippen molar-refractivity contribution in [1.29, 1.82) is 0 Å². The molecule has 1 atom stereocenters. The van der Waals surface area contributed by atoms with Gasteiger partial charge in [0.25, 0.3) is 0 Å². The summed E-state index contributed by atoms with van der Waals surface area (Å²) in [6, 6.07) is 9.02. The zero-order chi connectivity index (χ0) is 14.0. The van der Waals surface area contributed by atoms with Gasteiger partial charge in [-0.2, -0.15) is 0 Å². The first-order valence-corrected chi connectivity index (χ1v) is 6.62. The average molecular weight is 324 g/mol. The summed E-state index contributed by atoms with van der Waals surface area (Å²) in [6.45, 7) is 3.93. The molecule has 1 heterocycles. The SMILES string of the molecule is Cc1cc(Br)cc(NC(C)c2ccc(C(=O)O)o2)c1. The normalized spacial score (nSPS) is 12.2. The number of rotatable bonds is 4. The second-order valence-corrected chi connectivity index (χ2v) is 5.31. The van der Waals surface area contributed by atoms with E-state index in [1.54, 1.807) is 6.07 Å². The van der Waals surface area contributed by atoms with Crippen LogP contribution in [0.25, 0.3) is 0 Å². The molecule has 1 aromatic heterocycles. The Balaban J connectivity index is 2.15. The number of aromatic carboxylic acids is 1. The smallest absolute Gasteiger partial charge is 0.371 e. The van der Waals surface area contributed by atoms with Crippen LogP contribution in [0, 0.1) is 6.92 Å². The lowest BCUT2D eigenvalue weighted by Crippen LogP contribution is -2.05. The maximum Gasteiger partial charge on any atom is 0.371 e. The minimum absolute atomic E-state index is 0.0472. The third kappa shape index (κ3) is 3.38. The Hall–Kier alpha value is -1.75. The van der Waals surface area contributed by atoms with E-state index in [0.29, 0.717) is 5.76 Å². The molecule has 0 fully saturated rings. The predicted octanol–water partition coefficient (Wildman–Crippen LogP) is 4.22. The highest BCUT2D eigenvalue weighted by atomic mass is 79.9. The first-order chi connectivity index (χ1) is 8.95. The first-order valence-electron chi connectivity index (χ1n) is 5.82. The molecule has 19 heavy (non-hydrogen) atoms. The van der Waals surface area contributed by atoms with Gasteiger partial charge in [-0.15, -0.1) is 0 Å². The lowest BCUT2D eigenvalue weighted by atomic mass is 10.2. The summed E-state index contributed by atoms with van der Waals surface area (Å²) in [4.78, 5) is 10.8. The van der Waals surface area contributed by atoms with E-state index in [-0.39, 0.29) is 11.8 Å². The second kappa shape index (κ2) is 5.48. The number of hydrogen-bond acceptors (Lipinski definition) is 3. The molecule has 0 spiro atoms. The van der Waals surface area contributed by atoms with Gasteiger partial charge in [-0.3, -0.25) is 0 Å². The van der Waals surface area contributed by atoms with Gasteiger partial charge in [0, 0.05) is 10.2 Å². The fourth-order valence-corrected chi connectivity index (χ4v) is 2.45. The van der Waals surface area contributed by atoms with Gasteiger partial charge in [-0.05, 0) is 49.7 Å². The molecule has 2 rings (SSSR count). The molecule has 1 unspecified atom stereocenters. The number of hydrogen-bond donors (Lipinski definition) is 2. The number of benzene rings is 1. The number of nitrogens with one attached hydrogen (secondary N) is 1. The minimum Gasteiger partial charge on any atom is -0.475 e. The number of anilines is 1. The fraction of sp³-hybridized carbons (Fsp3) is 0.214. The van der Waals surface area contributed by atoms with E-state index in [1.165, 1.54) is 6.07 Å². The summed E-state index contributed by atoms with van der Waals surface area (Å²) < 4.78 is 6.26. The lowest BCUT2D eigenvalue weighted by Gasteiger charge is -2.13. The molecule has 0 saturated carbocycles. The molecule has 0 aliphatic heterocycles. The highest BCUT2D eigenvalue weighted by Gasteiger charge is 2.14. The van der Waals surface area contributed by atoms with Crippen molar-refractivity contribution in [2.75, 3.05) is 5.32 Å². The zero-order valence-corrected chi connectivity index (χ0v) is 12.2. The van der Waals surface area contributed by atoms with Gasteiger partial charge >= 0.3 is 5.97 Å². The lowest BCUT2D eigenvalue weighted by molar-refractivity contribution is 0.0660. The molecular weight excluding hydrogens is 310 g/mol. The van der Waals surface area contributed by atoms with E-state index in [2.05, 4.69) is 21.2 Å². The Kier molecular flexibility index (Phi) is 3.95. The largest absolute Gasteiger partial charge is 0.475 e. The molecule has 0 radical (unpaired) electrons. The number of carbonyl (C=O) groups is 1. The zero-order valence-electron chi connectivity index (χ0n) is 10.6. The quantitative estimate of drug-likeness (QED) is 0.884. The summed E-state index contributed by atoms with van der Waals surface area (Å²) in [5.41, 5.74) is 2.09. The highest BCUT2D eigenvalue weighted by molar-refractivity contribution is 9.10. The van der Waals surface area contributed by atoms with E-state index in [1.807, 2.05) is 32.0 Å². The molecule has 5 heteroatoms.